The fourth-order valence-electron chi connectivity index (χ4n) is 5.99. The highest BCUT2D eigenvalue weighted by Crippen LogP contribution is 2.39. The molecule has 4 heteroatoms. The van der Waals surface area contributed by atoms with Crippen LogP contribution in [0.2, 0.25) is 19.6 Å². The molecule has 0 amide bonds. The summed E-state index contributed by atoms with van der Waals surface area (Å²) in [5.74, 6) is 0.937. The van der Waals surface area contributed by atoms with Gasteiger partial charge in [-0.15, -0.1) is 0 Å². The third-order valence-corrected chi connectivity index (χ3v) is 10.3. The highest BCUT2D eigenvalue weighted by molar-refractivity contribution is 6.88. The van der Waals surface area contributed by atoms with Crippen LogP contribution in [0.4, 0.5) is 0 Å². The minimum Gasteiger partial charge on any atom is -0.456 e. The molecule has 0 unspecified atom stereocenters. The van der Waals surface area contributed by atoms with Gasteiger partial charge in [-0.2, -0.15) is 0 Å². The maximum atomic E-state index is 6.29. The summed E-state index contributed by atoms with van der Waals surface area (Å²) in [5, 5.41) is 3.75. The van der Waals surface area contributed by atoms with E-state index in [0.717, 1.165) is 44.7 Å². The van der Waals surface area contributed by atoms with Crippen LogP contribution in [-0.2, 0) is 5.41 Å². The summed E-state index contributed by atoms with van der Waals surface area (Å²) in [6.45, 7) is 14.0. The first-order chi connectivity index (χ1) is 20.1. The first-order valence-corrected chi connectivity index (χ1v) is 18.2. The van der Waals surface area contributed by atoms with Crippen molar-refractivity contribution in [1.82, 2.24) is 9.55 Å². The first-order valence-electron chi connectivity index (χ1n) is 14.7. The number of furan rings is 1. The lowest BCUT2D eigenvalue weighted by molar-refractivity contribution is 0.587. The molecule has 0 N–H and O–H groups in total. The Bertz CT molecular complexity index is 2100. The Morgan fingerprint density at radius 2 is 1.31 bits per heavy atom. The van der Waals surface area contributed by atoms with Crippen molar-refractivity contribution < 1.29 is 4.42 Å². The van der Waals surface area contributed by atoms with E-state index >= 15 is 0 Å². The van der Waals surface area contributed by atoms with E-state index in [1.54, 1.807) is 0 Å². The fourth-order valence-corrected chi connectivity index (χ4v) is 7.15. The smallest absolute Gasteiger partial charge is 0.145 e. The molecule has 7 aromatic rings. The van der Waals surface area contributed by atoms with Crippen LogP contribution in [0.15, 0.2) is 114 Å². The standard InChI is InChI=1S/C38H36N2OSi/c1-38(2,3)31-23-26(25-12-8-7-9-13-25)16-19-33(31)40-34-15-11-10-14-32(34)39-37(40)27-17-20-35-29(22-27)30-24-28(42(4,5)6)18-21-36(30)41-35/h7-24H,1-6H3. The van der Waals surface area contributed by atoms with Gasteiger partial charge in [0.1, 0.15) is 17.0 Å². The number of imidazole rings is 1. The van der Waals surface area contributed by atoms with E-state index in [1.165, 1.54) is 27.3 Å². The average Bonchev–Trinajstić information content (AvgIpc) is 3.54. The minimum absolute atomic E-state index is 0.0826. The van der Waals surface area contributed by atoms with E-state index in [9.17, 15) is 0 Å². The maximum Gasteiger partial charge on any atom is 0.145 e. The number of hydrogen-bond donors (Lipinski definition) is 0. The number of aromatic nitrogens is 2. The molecule has 3 nitrogen and oxygen atoms in total. The zero-order valence-electron chi connectivity index (χ0n) is 25.2. The highest BCUT2D eigenvalue weighted by atomic mass is 28.3. The molecule has 208 valence electrons. The minimum atomic E-state index is -1.48. The van der Waals surface area contributed by atoms with Crippen LogP contribution in [0, 0.1) is 0 Å². The Labute approximate surface area is 248 Å². The Morgan fingerprint density at radius 3 is 2.05 bits per heavy atom. The van der Waals surface area contributed by atoms with Gasteiger partial charge in [-0.1, -0.05) is 106 Å². The van der Waals surface area contributed by atoms with Crippen molar-refractivity contribution in [2.24, 2.45) is 0 Å². The molecule has 0 saturated carbocycles. The number of fused-ring (bicyclic) bond motifs is 4. The maximum absolute atomic E-state index is 6.29. The molecule has 5 aromatic carbocycles. The van der Waals surface area contributed by atoms with Crippen LogP contribution >= 0.6 is 0 Å². The summed E-state index contributed by atoms with van der Waals surface area (Å²) < 4.78 is 8.64. The largest absolute Gasteiger partial charge is 0.456 e. The van der Waals surface area contributed by atoms with Gasteiger partial charge in [-0.05, 0) is 70.6 Å². The van der Waals surface area contributed by atoms with Crippen LogP contribution in [0.1, 0.15) is 26.3 Å². The second-order valence-corrected chi connectivity index (χ2v) is 18.5. The SMILES string of the molecule is CC(C)(C)c1cc(-c2ccccc2)ccc1-n1c(-c2ccc3oc4ccc([Si](C)(C)C)cc4c3c2)nc2ccccc21. The van der Waals surface area contributed by atoms with Crippen molar-refractivity contribution in [3.8, 4) is 28.2 Å². The Kier molecular flexibility index (Phi) is 6.03. The lowest BCUT2D eigenvalue weighted by atomic mass is 9.84. The molecule has 0 spiro atoms. The second-order valence-electron chi connectivity index (χ2n) is 13.4. The van der Waals surface area contributed by atoms with E-state index in [0.29, 0.717) is 0 Å². The number of para-hydroxylation sites is 2. The number of hydrogen-bond acceptors (Lipinski definition) is 2. The molecule has 0 radical (unpaired) electrons. The zero-order valence-corrected chi connectivity index (χ0v) is 26.2. The summed E-state index contributed by atoms with van der Waals surface area (Å²) in [4.78, 5) is 5.23. The van der Waals surface area contributed by atoms with Gasteiger partial charge in [0.05, 0.1) is 24.8 Å². The molecular formula is C38H36N2OSi. The molecule has 42 heavy (non-hydrogen) atoms. The Hall–Kier alpha value is -4.41. The number of nitrogens with zero attached hydrogens (tertiary/aromatic N) is 2. The second kappa shape index (κ2) is 9.57. The summed E-state index contributed by atoms with van der Waals surface area (Å²) in [6, 6.07) is 39.2. The molecule has 0 fully saturated rings. The summed E-state index contributed by atoms with van der Waals surface area (Å²) in [7, 11) is -1.48. The predicted octanol–water partition coefficient (Wildman–Crippen LogP) is 10.1. The monoisotopic (exact) mass is 564 g/mol. The van der Waals surface area contributed by atoms with Crippen LogP contribution in [-0.4, -0.2) is 17.6 Å². The van der Waals surface area contributed by atoms with Gasteiger partial charge in [0, 0.05) is 16.3 Å². The van der Waals surface area contributed by atoms with E-state index in [1.807, 2.05) is 0 Å². The van der Waals surface area contributed by atoms with Crippen LogP contribution in [0.3, 0.4) is 0 Å². The summed E-state index contributed by atoms with van der Waals surface area (Å²) >= 11 is 0. The quantitative estimate of drug-likeness (QED) is 0.199. The number of rotatable bonds is 4. The molecule has 0 bridgehead atoms. The van der Waals surface area contributed by atoms with Gasteiger partial charge in [-0.25, -0.2) is 4.98 Å². The molecule has 0 atom stereocenters. The van der Waals surface area contributed by atoms with E-state index < -0.39 is 8.07 Å². The molecule has 7 rings (SSSR count). The molecule has 2 aromatic heterocycles. The van der Waals surface area contributed by atoms with Gasteiger partial charge in [0.25, 0.3) is 0 Å². The molecule has 0 saturated heterocycles. The topological polar surface area (TPSA) is 31.0 Å². The van der Waals surface area contributed by atoms with Gasteiger partial charge < -0.3 is 4.42 Å². The lowest BCUT2D eigenvalue weighted by Crippen LogP contribution is -2.37. The van der Waals surface area contributed by atoms with Crippen molar-refractivity contribution in [2.45, 2.75) is 45.8 Å². The molecule has 0 aliphatic carbocycles. The summed E-state index contributed by atoms with van der Waals surface area (Å²) in [5.41, 5.74) is 9.80. The first kappa shape index (κ1) is 26.5. The Balaban J connectivity index is 1.48. The lowest BCUT2D eigenvalue weighted by Gasteiger charge is -2.25. The fraction of sp³-hybridized carbons (Fsp3) is 0.184. The van der Waals surface area contributed by atoms with Crippen LogP contribution < -0.4 is 5.19 Å². The van der Waals surface area contributed by atoms with Gasteiger partial charge >= 0.3 is 0 Å². The molecule has 2 heterocycles. The Morgan fingerprint density at radius 1 is 0.643 bits per heavy atom. The van der Waals surface area contributed by atoms with Crippen molar-refractivity contribution in [1.29, 1.82) is 0 Å². The number of benzene rings is 5. The third-order valence-electron chi connectivity index (χ3n) is 8.31. The van der Waals surface area contributed by atoms with Crippen LogP contribution in [0.5, 0.6) is 0 Å². The molecule has 0 aliphatic heterocycles. The molecule has 0 aliphatic rings. The van der Waals surface area contributed by atoms with Crippen molar-refractivity contribution in [2.75, 3.05) is 0 Å². The van der Waals surface area contributed by atoms with Crippen molar-refractivity contribution in [3.63, 3.8) is 0 Å². The summed E-state index contributed by atoms with van der Waals surface area (Å²) in [6.07, 6.45) is 0. The van der Waals surface area contributed by atoms with Crippen molar-refractivity contribution in [3.05, 3.63) is 115 Å². The predicted molar refractivity (Wildman–Crippen MR) is 181 cm³/mol. The van der Waals surface area contributed by atoms with E-state index in [4.69, 9.17) is 9.40 Å². The van der Waals surface area contributed by atoms with Crippen LogP contribution in [0.25, 0.3) is 61.2 Å². The highest BCUT2D eigenvalue weighted by Gasteiger charge is 2.24. The van der Waals surface area contributed by atoms with E-state index in [2.05, 4.69) is 154 Å². The average molecular weight is 565 g/mol. The zero-order chi connectivity index (χ0) is 29.2. The third kappa shape index (κ3) is 4.47. The normalized spacial score (nSPS) is 12.5. The van der Waals surface area contributed by atoms with E-state index in [-0.39, 0.29) is 5.41 Å². The van der Waals surface area contributed by atoms with Gasteiger partial charge in [-0.3, -0.25) is 4.57 Å². The van der Waals surface area contributed by atoms with Gasteiger partial charge in [0.15, 0.2) is 0 Å². The van der Waals surface area contributed by atoms with Crippen molar-refractivity contribution >= 4 is 46.2 Å². The molecular weight excluding hydrogens is 529 g/mol. The van der Waals surface area contributed by atoms with Gasteiger partial charge in [0.2, 0.25) is 0 Å².